The van der Waals surface area contributed by atoms with E-state index in [1.54, 1.807) is 11.0 Å². The third-order valence-corrected chi connectivity index (χ3v) is 4.97. The number of aliphatic hydroxyl groups is 1. The molecule has 2 unspecified atom stereocenters. The highest BCUT2D eigenvalue weighted by Gasteiger charge is 2.48. The van der Waals surface area contributed by atoms with Crippen LogP contribution in [0.25, 0.3) is 0 Å². The number of halogens is 3. The molecule has 3 rings (SSSR count). The number of nitrogens with zero attached hydrogens (tertiary/aromatic N) is 1. The summed E-state index contributed by atoms with van der Waals surface area (Å²) < 4.78 is 39.7. The van der Waals surface area contributed by atoms with Gasteiger partial charge in [0.15, 0.2) is 0 Å². The zero-order valence-electron chi connectivity index (χ0n) is 14.8. The van der Waals surface area contributed by atoms with Crippen LogP contribution >= 0.6 is 0 Å². The van der Waals surface area contributed by atoms with Crippen molar-refractivity contribution in [3.8, 4) is 0 Å². The van der Waals surface area contributed by atoms with Crippen LogP contribution in [0.3, 0.4) is 0 Å². The van der Waals surface area contributed by atoms with Gasteiger partial charge in [-0.05, 0) is 36.0 Å². The van der Waals surface area contributed by atoms with E-state index in [1.165, 1.54) is 12.1 Å². The molecule has 0 radical (unpaired) electrons. The van der Waals surface area contributed by atoms with Crippen LogP contribution in [0.15, 0.2) is 54.6 Å². The molecule has 0 spiro atoms. The first-order chi connectivity index (χ1) is 12.9. The SMILES string of the molecule is O=C(C1CC1c1ccccc1C(F)(F)F)N(CCO)CCc1ccccc1. The molecule has 0 bridgehead atoms. The molecule has 2 aromatic rings. The summed E-state index contributed by atoms with van der Waals surface area (Å²) in [6.45, 7) is 0.459. The molecule has 1 aliphatic rings. The van der Waals surface area contributed by atoms with E-state index in [2.05, 4.69) is 0 Å². The van der Waals surface area contributed by atoms with Crippen molar-refractivity contribution in [1.29, 1.82) is 0 Å². The van der Waals surface area contributed by atoms with Gasteiger partial charge in [0, 0.05) is 19.0 Å². The topological polar surface area (TPSA) is 40.5 Å². The molecule has 2 aromatic carbocycles. The number of carbonyl (C=O) groups is 1. The number of benzene rings is 2. The van der Waals surface area contributed by atoms with Crippen LogP contribution in [0, 0.1) is 5.92 Å². The number of hydrogen-bond acceptors (Lipinski definition) is 2. The number of hydrogen-bond donors (Lipinski definition) is 1. The van der Waals surface area contributed by atoms with Crippen LogP contribution in [0.5, 0.6) is 0 Å². The summed E-state index contributed by atoms with van der Waals surface area (Å²) in [5.41, 5.74) is 0.599. The Morgan fingerprint density at radius 3 is 2.37 bits per heavy atom. The van der Waals surface area contributed by atoms with Crippen molar-refractivity contribution >= 4 is 5.91 Å². The van der Waals surface area contributed by atoms with Gasteiger partial charge in [-0.1, -0.05) is 48.5 Å². The van der Waals surface area contributed by atoms with Gasteiger partial charge in [-0.2, -0.15) is 13.2 Å². The summed E-state index contributed by atoms with van der Waals surface area (Å²) in [5, 5.41) is 9.28. The molecule has 3 nitrogen and oxygen atoms in total. The number of amides is 1. The monoisotopic (exact) mass is 377 g/mol. The molecule has 6 heteroatoms. The molecule has 0 heterocycles. The third kappa shape index (κ3) is 4.69. The minimum absolute atomic E-state index is 0.170. The molecule has 27 heavy (non-hydrogen) atoms. The molecular formula is C21H22F3NO2. The highest BCUT2D eigenvalue weighted by atomic mass is 19.4. The molecule has 0 saturated heterocycles. The van der Waals surface area contributed by atoms with Crippen LogP contribution < -0.4 is 0 Å². The van der Waals surface area contributed by atoms with Gasteiger partial charge in [-0.3, -0.25) is 4.79 Å². The van der Waals surface area contributed by atoms with Gasteiger partial charge >= 0.3 is 6.18 Å². The summed E-state index contributed by atoms with van der Waals surface area (Å²) in [6, 6.07) is 15.1. The second kappa shape index (κ2) is 8.13. The summed E-state index contributed by atoms with van der Waals surface area (Å²) in [4.78, 5) is 14.4. The lowest BCUT2D eigenvalue weighted by atomic mass is 10.0. The molecule has 1 amide bonds. The Kier molecular flexibility index (Phi) is 5.85. The highest BCUT2D eigenvalue weighted by Crippen LogP contribution is 2.51. The first-order valence-electron chi connectivity index (χ1n) is 9.01. The lowest BCUT2D eigenvalue weighted by Gasteiger charge is -2.22. The Labute approximate surface area is 156 Å². The Balaban J connectivity index is 1.68. The molecule has 1 fully saturated rings. The van der Waals surface area contributed by atoms with Crippen LogP contribution in [0.4, 0.5) is 13.2 Å². The second-order valence-corrected chi connectivity index (χ2v) is 6.82. The van der Waals surface area contributed by atoms with E-state index >= 15 is 0 Å². The Hall–Kier alpha value is -2.34. The van der Waals surface area contributed by atoms with Gasteiger partial charge in [-0.25, -0.2) is 0 Å². The molecule has 0 aliphatic heterocycles. The maximum absolute atomic E-state index is 13.2. The average Bonchev–Trinajstić information content (AvgIpc) is 3.45. The normalized spacial score (nSPS) is 19.0. The molecule has 1 saturated carbocycles. The van der Waals surface area contributed by atoms with E-state index in [1.807, 2.05) is 30.3 Å². The van der Waals surface area contributed by atoms with Gasteiger partial charge < -0.3 is 10.0 Å². The molecule has 144 valence electrons. The first-order valence-corrected chi connectivity index (χ1v) is 9.01. The number of rotatable bonds is 7. The van der Waals surface area contributed by atoms with E-state index in [4.69, 9.17) is 0 Å². The fraction of sp³-hybridized carbons (Fsp3) is 0.381. The van der Waals surface area contributed by atoms with Gasteiger partial charge in [-0.15, -0.1) is 0 Å². The predicted octanol–water partition coefficient (Wildman–Crippen LogP) is 3.87. The van der Waals surface area contributed by atoms with Crippen molar-refractivity contribution in [2.24, 2.45) is 5.92 Å². The van der Waals surface area contributed by atoms with Crippen LogP contribution in [-0.2, 0) is 17.4 Å². The summed E-state index contributed by atoms with van der Waals surface area (Å²) >= 11 is 0. The van der Waals surface area contributed by atoms with E-state index in [0.29, 0.717) is 19.4 Å². The first kappa shape index (κ1) is 19.4. The van der Waals surface area contributed by atoms with E-state index in [0.717, 1.165) is 11.6 Å². The highest BCUT2D eigenvalue weighted by molar-refractivity contribution is 5.83. The number of alkyl halides is 3. The van der Waals surface area contributed by atoms with Gasteiger partial charge in [0.05, 0.1) is 12.2 Å². The lowest BCUT2D eigenvalue weighted by molar-refractivity contribution is -0.138. The fourth-order valence-electron chi connectivity index (χ4n) is 3.49. The predicted molar refractivity (Wildman–Crippen MR) is 96.1 cm³/mol. The van der Waals surface area contributed by atoms with Crippen molar-refractivity contribution in [1.82, 2.24) is 4.90 Å². The lowest BCUT2D eigenvalue weighted by Crippen LogP contribution is -2.36. The van der Waals surface area contributed by atoms with Crippen molar-refractivity contribution in [3.05, 3.63) is 71.3 Å². The van der Waals surface area contributed by atoms with Gasteiger partial charge in [0.1, 0.15) is 0 Å². The Morgan fingerprint density at radius 1 is 1.04 bits per heavy atom. The minimum atomic E-state index is -4.43. The average molecular weight is 377 g/mol. The van der Waals surface area contributed by atoms with Crippen LogP contribution in [0.1, 0.15) is 29.0 Å². The van der Waals surface area contributed by atoms with Gasteiger partial charge in [0.25, 0.3) is 0 Å². The quantitative estimate of drug-likeness (QED) is 0.796. The second-order valence-electron chi connectivity index (χ2n) is 6.82. The Morgan fingerprint density at radius 2 is 1.70 bits per heavy atom. The Bertz CT molecular complexity index is 776. The molecule has 2 atom stereocenters. The summed E-state index contributed by atoms with van der Waals surface area (Å²) in [7, 11) is 0. The van der Waals surface area contributed by atoms with Crippen molar-refractivity contribution in [2.75, 3.05) is 19.7 Å². The van der Waals surface area contributed by atoms with E-state index in [-0.39, 0.29) is 24.6 Å². The third-order valence-electron chi connectivity index (χ3n) is 4.97. The largest absolute Gasteiger partial charge is 0.416 e. The van der Waals surface area contributed by atoms with Crippen LogP contribution in [0.2, 0.25) is 0 Å². The zero-order chi connectivity index (χ0) is 19.4. The maximum atomic E-state index is 13.2. The molecule has 0 aromatic heterocycles. The van der Waals surface area contributed by atoms with Crippen LogP contribution in [-0.4, -0.2) is 35.6 Å². The maximum Gasteiger partial charge on any atom is 0.416 e. The zero-order valence-corrected chi connectivity index (χ0v) is 14.8. The summed E-state index contributed by atoms with van der Waals surface area (Å²) in [5.74, 6) is -1.04. The number of carbonyl (C=O) groups excluding carboxylic acids is 1. The van der Waals surface area contributed by atoms with E-state index in [9.17, 15) is 23.1 Å². The van der Waals surface area contributed by atoms with Crippen molar-refractivity contribution in [3.63, 3.8) is 0 Å². The van der Waals surface area contributed by atoms with E-state index < -0.39 is 23.6 Å². The van der Waals surface area contributed by atoms with Gasteiger partial charge in [0.2, 0.25) is 5.91 Å². The number of aliphatic hydroxyl groups excluding tert-OH is 1. The molecular weight excluding hydrogens is 355 g/mol. The fourth-order valence-corrected chi connectivity index (χ4v) is 3.49. The smallest absolute Gasteiger partial charge is 0.395 e. The minimum Gasteiger partial charge on any atom is -0.395 e. The van der Waals surface area contributed by atoms with Crippen molar-refractivity contribution < 1.29 is 23.1 Å². The van der Waals surface area contributed by atoms with Crippen molar-refractivity contribution in [2.45, 2.75) is 24.9 Å². The summed E-state index contributed by atoms with van der Waals surface area (Å²) in [6.07, 6.45) is -3.37. The standard InChI is InChI=1S/C21H22F3NO2/c22-21(23,24)19-9-5-4-8-16(19)17-14-18(17)20(27)25(12-13-26)11-10-15-6-2-1-3-7-15/h1-9,17-18,26H,10-14H2. The molecule has 1 N–H and O–H groups in total. The molecule has 1 aliphatic carbocycles.